The lowest BCUT2D eigenvalue weighted by Crippen LogP contribution is -2.22. The molecule has 0 aromatic heterocycles. The molecule has 2 aromatic carbocycles. The minimum Gasteiger partial charge on any atom is -0.306 e. The van der Waals surface area contributed by atoms with Gasteiger partial charge in [-0.05, 0) is 100 Å². The van der Waals surface area contributed by atoms with Gasteiger partial charge in [0.15, 0.2) is 5.78 Å². The number of aryl methyl sites for hydroxylation is 2. The summed E-state index contributed by atoms with van der Waals surface area (Å²) in [6.45, 7) is 3.64. The lowest BCUT2D eigenvalue weighted by atomic mass is 9.94. The van der Waals surface area contributed by atoms with Gasteiger partial charge < -0.3 is 9.69 Å². The van der Waals surface area contributed by atoms with Crippen LogP contribution in [0.4, 0.5) is 0 Å². The van der Waals surface area contributed by atoms with E-state index in [9.17, 15) is 9.59 Å². The first-order valence-corrected chi connectivity index (χ1v) is 12.4. The van der Waals surface area contributed by atoms with Gasteiger partial charge in [-0.15, -0.1) is 0 Å². The van der Waals surface area contributed by atoms with E-state index in [1.54, 1.807) is 6.92 Å². The zero-order valence-electron chi connectivity index (χ0n) is 19.5. The standard InChI is InChI=1S/C28H36ClNO2/c1-21(31)19-22-10-12-23-14-15-26(20-25(23)13-11-22)28(32)9-5-6-17-30(2)18-16-24-7-3-4-8-27(24)29/h3-4,7-8,14-15,20,22H,5-6,9-13,16-19H2,1-2H3. The Kier molecular flexibility index (Phi) is 9.50. The highest BCUT2D eigenvalue weighted by molar-refractivity contribution is 6.31. The van der Waals surface area contributed by atoms with Crippen LogP contribution in [0.25, 0.3) is 0 Å². The Morgan fingerprint density at radius 3 is 2.50 bits per heavy atom. The molecule has 0 spiro atoms. The lowest BCUT2D eigenvalue weighted by molar-refractivity contribution is -0.118. The zero-order valence-corrected chi connectivity index (χ0v) is 20.3. The summed E-state index contributed by atoms with van der Waals surface area (Å²) in [5.74, 6) is 1.01. The van der Waals surface area contributed by atoms with Crippen molar-refractivity contribution in [1.82, 2.24) is 4.90 Å². The van der Waals surface area contributed by atoms with Crippen LogP contribution in [0.2, 0.25) is 5.02 Å². The van der Waals surface area contributed by atoms with E-state index in [0.29, 0.717) is 18.8 Å². The summed E-state index contributed by atoms with van der Waals surface area (Å²) in [6, 6.07) is 14.3. The molecule has 1 unspecified atom stereocenters. The Morgan fingerprint density at radius 1 is 1.00 bits per heavy atom. The number of rotatable bonds is 11. The number of hydrogen-bond donors (Lipinski definition) is 0. The van der Waals surface area contributed by atoms with Crippen molar-refractivity contribution < 1.29 is 9.59 Å². The van der Waals surface area contributed by atoms with E-state index in [4.69, 9.17) is 11.6 Å². The maximum atomic E-state index is 12.7. The third kappa shape index (κ3) is 7.56. The molecule has 1 aliphatic rings. The fraction of sp³-hybridized carbons (Fsp3) is 0.500. The van der Waals surface area contributed by atoms with Gasteiger partial charge in [0.25, 0.3) is 0 Å². The Balaban J connectivity index is 1.40. The van der Waals surface area contributed by atoms with Crippen LogP contribution in [0, 0.1) is 5.92 Å². The number of hydrogen-bond acceptors (Lipinski definition) is 3. The van der Waals surface area contributed by atoms with Gasteiger partial charge in [0.2, 0.25) is 0 Å². The molecule has 172 valence electrons. The molecule has 3 nitrogen and oxygen atoms in total. The number of likely N-dealkylation sites (N-methyl/N-ethyl adjacent to an activating group) is 1. The minimum absolute atomic E-state index is 0.246. The highest BCUT2D eigenvalue weighted by atomic mass is 35.5. The molecule has 0 aliphatic heterocycles. The van der Waals surface area contributed by atoms with E-state index in [2.05, 4.69) is 30.1 Å². The van der Waals surface area contributed by atoms with Crippen molar-refractivity contribution in [2.24, 2.45) is 5.92 Å². The van der Waals surface area contributed by atoms with Crippen LogP contribution in [0.3, 0.4) is 0 Å². The second-order valence-corrected chi connectivity index (χ2v) is 9.77. The summed E-state index contributed by atoms with van der Waals surface area (Å²) in [4.78, 5) is 26.5. The van der Waals surface area contributed by atoms with E-state index in [1.165, 1.54) is 16.7 Å². The van der Waals surface area contributed by atoms with Crippen LogP contribution in [-0.2, 0) is 24.1 Å². The summed E-state index contributed by atoms with van der Waals surface area (Å²) in [6.07, 6.45) is 8.27. The SMILES string of the molecule is CC(=O)CC1CCc2ccc(C(=O)CCCCN(C)CCc3ccccc3Cl)cc2CC1. The Labute approximate surface area is 198 Å². The largest absolute Gasteiger partial charge is 0.306 e. The van der Waals surface area contributed by atoms with E-state index >= 15 is 0 Å². The van der Waals surface area contributed by atoms with Crippen molar-refractivity contribution in [2.75, 3.05) is 20.1 Å². The average molecular weight is 454 g/mol. The summed E-state index contributed by atoms with van der Waals surface area (Å²) >= 11 is 6.24. The van der Waals surface area contributed by atoms with Crippen molar-refractivity contribution in [3.05, 3.63) is 69.7 Å². The van der Waals surface area contributed by atoms with Crippen LogP contribution in [0.1, 0.15) is 72.5 Å². The van der Waals surface area contributed by atoms with Crippen molar-refractivity contribution in [3.8, 4) is 0 Å². The van der Waals surface area contributed by atoms with Gasteiger partial charge in [0, 0.05) is 30.0 Å². The summed E-state index contributed by atoms with van der Waals surface area (Å²) < 4.78 is 0. The highest BCUT2D eigenvalue weighted by Gasteiger charge is 2.19. The van der Waals surface area contributed by atoms with Gasteiger partial charge in [-0.1, -0.05) is 41.9 Å². The molecule has 0 radical (unpaired) electrons. The molecule has 1 atom stereocenters. The molecule has 0 heterocycles. The molecule has 2 aromatic rings. The van der Waals surface area contributed by atoms with Crippen molar-refractivity contribution in [3.63, 3.8) is 0 Å². The highest BCUT2D eigenvalue weighted by Crippen LogP contribution is 2.28. The third-order valence-electron chi connectivity index (χ3n) is 6.66. The van der Waals surface area contributed by atoms with Crippen LogP contribution in [0.5, 0.6) is 0 Å². The number of benzene rings is 2. The van der Waals surface area contributed by atoms with Crippen molar-refractivity contribution in [1.29, 1.82) is 0 Å². The number of carbonyl (C=O) groups excluding carboxylic acids is 2. The predicted octanol–water partition coefficient (Wildman–Crippen LogP) is 6.34. The third-order valence-corrected chi connectivity index (χ3v) is 7.03. The Hall–Kier alpha value is -1.97. The van der Waals surface area contributed by atoms with E-state index in [1.807, 2.05) is 24.3 Å². The Bertz CT molecular complexity index is 923. The van der Waals surface area contributed by atoms with Gasteiger partial charge >= 0.3 is 0 Å². The smallest absolute Gasteiger partial charge is 0.162 e. The topological polar surface area (TPSA) is 37.4 Å². The number of ketones is 2. The van der Waals surface area contributed by atoms with Crippen molar-refractivity contribution in [2.45, 2.75) is 64.7 Å². The van der Waals surface area contributed by atoms with E-state index in [-0.39, 0.29) is 11.6 Å². The fourth-order valence-electron chi connectivity index (χ4n) is 4.69. The minimum atomic E-state index is 0.246. The maximum Gasteiger partial charge on any atom is 0.162 e. The van der Waals surface area contributed by atoms with Gasteiger partial charge in [0.05, 0.1) is 0 Å². The summed E-state index contributed by atoms with van der Waals surface area (Å²) in [5.41, 5.74) is 4.70. The summed E-state index contributed by atoms with van der Waals surface area (Å²) in [7, 11) is 2.13. The van der Waals surface area contributed by atoms with Crippen LogP contribution < -0.4 is 0 Å². The molecule has 0 saturated heterocycles. The monoisotopic (exact) mass is 453 g/mol. The Morgan fingerprint density at radius 2 is 1.75 bits per heavy atom. The second kappa shape index (κ2) is 12.3. The number of carbonyl (C=O) groups is 2. The molecule has 0 amide bonds. The molecular formula is C28H36ClNO2. The number of nitrogens with zero attached hydrogens (tertiary/aromatic N) is 1. The number of halogens is 1. The molecule has 3 rings (SSSR count). The first kappa shape index (κ1) is 24.7. The average Bonchev–Trinajstić information content (AvgIpc) is 2.97. The van der Waals surface area contributed by atoms with Gasteiger partial charge in [-0.25, -0.2) is 0 Å². The van der Waals surface area contributed by atoms with Crippen LogP contribution in [0.15, 0.2) is 42.5 Å². The second-order valence-electron chi connectivity index (χ2n) is 9.36. The van der Waals surface area contributed by atoms with Gasteiger partial charge in [-0.2, -0.15) is 0 Å². The predicted molar refractivity (Wildman–Crippen MR) is 133 cm³/mol. The molecule has 1 aliphatic carbocycles. The molecule has 0 saturated carbocycles. The first-order chi connectivity index (χ1) is 15.4. The molecular weight excluding hydrogens is 418 g/mol. The molecule has 0 N–H and O–H groups in total. The quantitative estimate of drug-likeness (QED) is 0.226. The van der Waals surface area contributed by atoms with E-state index < -0.39 is 0 Å². The zero-order chi connectivity index (χ0) is 22.9. The van der Waals surface area contributed by atoms with Gasteiger partial charge in [0.1, 0.15) is 5.78 Å². The van der Waals surface area contributed by atoms with Crippen LogP contribution >= 0.6 is 11.6 Å². The van der Waals surface area contributed by atoms with E-state index in [0.717, 1.165) is 68.6 Å². The maximum absolute atomic E-state index is 12.7. The molecule has 0 bridgehead atoms. The van der Waals surface area contributed by atoms with Gasteiger partial charge in [-0.3, -0.25) is 4.79 Å². The number of fused-ring (bicyclic) bond motifs is 1. The molecule has 32 heavy (non-hydrogen) atoms. The first-order valence-electron chi connectivity index (χ1n) is 12.0. The number of Topliss-reactive ketones (excluding diaryl/α,β-unsaturated/α-hetero) is 2. The lowest BCUT2D eigenvalue weighted by Gasteiger charge is -2.16. The normalized spacial score (nSPS) is 15.9. The van der Waals surface area contributed by atoms with Crippen LogP contribution in [-0.4, -0.2) is 36.6 Å². The molecule has 0 fully saturated rings. The fourth-order valence-corrected chi connectivity index (χ4v) is 4.92. The molecule has 4 heteroatoms. The van der Waals surface area contributed by atoms with Crippen molar-refractivity contribution >= 4 is 23.2 Å². The number of unbranched alkanes of at least 4 members (excludes halogenated alkanes) is 1. The summed E-state index contributed by atoms with van der Waals surface area (Å²) in [5, 5.41) is 0.835.